The molecular formula is C8H10ClNO. The van der Waals surface area contributed by atoms with Crippen molar-refractivity contribution in [3.63, 3.8) is 0 Å². The van der Waals surface area contributed by atoms with Gasteiger partial charge in [0, 0.05) is 5.92 Å². The van der Waals surface area contributed by atoms with Gasteiger partial charge >= 0.3 is 0 Å². The van der Waals surface area contributed by atoms with E-state index < -0.39 is 0 Å². The van der Waals surface area contributed by atoms with Gasteiger partial charge in [-0.05, 0) is 24.4 Å². The Morgan fingerprint density at radius 1 is 1.45 bits per heavy atom. The summed E-state index contributed by atoms with van der Waals surface area (Å²) in [5.74, 6) is 0.603. The molecule has 0 bridgehead atoms. The van der Waals surface area contributed by atoms with Gasteiger partial charge in [0.05, 0.1) is 5.69 Å². The highest BCUT2D eigenvalue weighted by Crippen LogP contribution is 2.33. The van der Waals surface area contributed by atoms with Gasteiger partial charge in [0.25, 0.3) is 5.35 Å². The van der Waals surface area contributed by atoms with Crippen molar-refractivity contribution in [3.05, 3.63) is 17.3 Å². The highest BCUT2D eigenvalue weighted by atomic mass is 35.5. The van der Waals surface area contributed by atoms with E-state index in [0.717, 1.165) is 5.69 Å². The fourth-order valence-corrected chi connectivity index (χ4v) is 1.81. The third-order valence-electron chi connectivity index (χ3n) is 2.27. The third kappa shape index (κ3) is 1.41. The molecule has 0 aliphatic heterocycles. The van der Waals surface area contributed by atoms with Crippen LogP contribution in [0.1, 0.15) is 37.3 Å². The summed E-state index contributed by atoms with van der Waals surface area (Å²) in [5.41, 5.74) is 1.03. The second-order valence-corrected chi connectivity index (χ2v) is 3.33. The van der Waals surface area contributed by atoms with Gasteiger partial charge in [-0.2, -0.15) is 0 Å². The molecule has 3 heteroatoms. The van der Waals surface area contributed by atoms with Crippen molar-refractivity contribution in [2.24, 2.45) is 0 Å². The van der Waals surface area contributed by atoms with E-state index in [1.54, 1.807) is 6.26 Å². The van der Waals surface area contributed by atoms with Crippen LogP contribution in [0.25, 0.3) is 0 Å². The maximum atomic E-state index is 5.56. The number of oxazole rings is 1. The largest absolute Gasteiger partial charge is 0.436 e. The standard InChI is InChI=1S/C8H10ClNO/c9-8-10-7(5-11-8)6-3-1-2-4-6/h5-6H,1-4H2. The van der Waals surface area contributed by atoms with Crippen LogP contribution in [0.15, 0.2) is 10.7 Å². The fraction of sp³-hybridized carbons (Fsp3) is 0.625. The Hall–Kier alpha value is -0.500. The van der Waals surface area contributed by atoms with Crippen molar-refractivity contribution in [1.29, 1.82) is 0 Å². The predicted molar refractivity (Wildman–Crippen MR) is 42.7 cm³/mol. The maximum absolute atomic E-state index is 5.56. The fourth-order valence-electron chi connectivity index (χ4n) is 1.67. The molecule has 0 spiro atoms. The van der Waals surface area contributed by atoms with Crippen molar-refractivity contribution >= 4 is 11.6 Å². The van der Waals surface area contributed by atoms with Crippen LogP contribution in [-0.4, -0.2) is 4.98 Å². The zero-order valence-corrected chi connectivity index (χ0v) is 6.97. The van der Waals surface area contributed by atoms with E-state index in [9.17, 15) is 0 Å². The van der Waals surface area contributed by atoms with Crippen LogP contribution in [0.2, 0.25) is 5.35 Å². The Morgan fingerprint density at radius 2 is 2.18 bits per heavy atom. The van der Waals surface area contributed by atoms with Crippen molar-refractivity contribution in [2.75, 3.05) is 0 Å². The van der Waals surface area contributed by atoms with Gasteiger partial charge in [0.2, 0.25) is 0 Å². The Balaban J connectivity index is 2.15. The average molecular weight is 172 g/mol. The van der Waals surface area contributed by atoms with E-state index in [2.05, 4.69) is 4.98 Å². The first kappa shape index (κ1) is 7.17. The SMILES string of the molecule is Clc1nc(C2CCCC2)co1. The minimum atomic E-state index is 0.270. The molecule has 0 N–H and O–H groups in total. The van der Waals surface area contributed by atoms with Crippen molar-refractivity contribution in [3.8, 4) is 0 Å². The lowest BCUT2D eigenvalue weighted by atomic mass is 10.1. The summed E-state index contributed by atoms with van der Waals surface area (Å²) >= 11 is 5.56. The summed E-state index contributed by atoms with van der Waals surface area (Å²) in [6, 6.07) is 0. The maximum Gasteiger partial charge on any atom is 0.292 e. The molecule has 1 heterocycles. The van der Waals surface area contributed by atoms with Crippen LogP contribution in [0.5, 0.6) is 0 Å². The summed E-state index contributed by atoms with van der Waals surface area (Å²) < 4.78 is 4.93. The first-order valence-electron chi connectivity index (χ1n) is 3.97. The van der Waals surface area contributed by atoms with Crippen LogP contribution in [0.3, 0.4) is 0 Å². The van der Waals surface area contributed by atoms with Gasteiger partial charge < -0.3 is 4.42 Å². The third-order valence-corrected chi connectivity index (χ3v) is 2.44. The molecule has 60 valence electrons. The molecule has 0 saturated heterocycles. The van der Waals surface area contributed by atoms with E-state index in [0.29, 0.717) is 5.92 Å². The van der Waals surface area contributed by atoms with Crippen LogP contribution >= 0.6 is 11.6 Å². The second-order valence-electron chi connectivity index (χ2n) is 3.01. The second kappa shape index (κ2) is 2.86. The van der Waals surface area contributed by atoms with Gasteiger partial charge in [-0.25, -0.2) is 4.98 Å². The molecule has 1 aliphatic rings. The molecule has 1 fully saturated rings. The van der Waals surface area contributed by atoms with E-state index >= 15 is 0 Å². The Labute approximate surface area is 70.6 Å². The molecule has 2 nitrogen and oxygen atoms in total. The quantitative estimate of drug-likeness (QED) is 0.649. The van der Waals surface area contributed by atoms with Crippen molar-refractivity contribution in [2.45, 2.75) is 31.6 Å². The van der Waals surface area contributed by atoms with Crippen molar-refractivity contribution in [1.82, 2.24) is 4.98 Å². The van der Waals surface area contributed by atoms with Gasteiger partial charge in [0.15, 0.2) is 0 Å². The van der Waals surface area contributed by atoms with E-state index in [4.69, 9.17) is 16.0 Å². The van der Waals surface area contributed by atoms with Crippen LogP contribution in [0, 0.1) is 0 Å². The lowest BCUT2D eigenvalue weighted by molar-refractivity contribution is 0.555. The van der Waals surface area contributed by atoms with Gasteiger partial charge in [0.1, 0.15) is 6.26 Å². The van der Waals surface area contributed by atoms with Gasteiger partial charge in [-0.15, -0.1) is 0 Å². The Morgan fingerprint density at radius 3 is 2.73 bits per heavy atom. The zero-order chi connectivity index (χ0) is 7.68. The first-order valence-corrected chi connectivity index (χ1v) is 4.35. The summed E-state index contributed by atoms with van der Waals surface area (Å²) in [4.78, 5) is 4.09. The molecule has 0 radical (unpaired) electrons. The summed E-state index contributed by atoms with van der Waals surface area (Å²) in [6.45, 7) is 0. The summed E-state index contributed by atoms with van der Waals surface area (Å²) in [6.07, 6.45) is 6.79. The highest BCUT2D eigenvalue weighted by Gasteiger charge is 2.19. The lowest BCUT2D eigenvalue weighted by Gasteiger charge is -2.00. The number of nitrogens with zero attached hydrogens (tertiary/aromatic N) is 1. The first-order chi connectivity index (χ1) is 5.36. The van der Waals surface area contributed by atoms with Gasteiger partial charge in [-0.1, -0.05) is 12.8 Å². The smallest absolute Gasteiger partial charge is 0.292 e. The minimum Gasteiger partial charge on any atom is -0.436 e. The molecule has 2 rings (SSSR count). The lowest BCUT2D eigenvalue weighted by Crippen LogP contribution is -1.90. The topological polar surface area (TPSA) is 26.0 Å². The predicted octanol–water partition coefficient (Wildman–Crippen LogP) is 2.99. The molecule has 1 saturated carbocycles. The molecular weight excluding hydrogens is 162 g/mol. The number of rotatable bonds is 1. The normalized spacial score (nSPS) is 19.4. The minimum absolute atomic E-state index is 0.270. The van der Waals surface area contributed by atoms with Crippen LogP contribution < -0.4 is 0 Å². The molecule has 1 aliphatic carbocycles. The molecule has 11 heavy (non-hydrogen) atoms. The molecule has 0 amide bonds. The summed E-state index contributed by atoms with van der Waals surface area (Å²) in [5, 5.41) is 0.270. The number of aromatic nitrogens is 1. The Bertz CT molecular complexity index is 240. The molecule has 0 aromatic carbocycles. The van der Waals surface area contributed by atoms with E-state index in [-0.39, 0.29) is 5.35 Å². The number of hydrogen-bond donors (Lipinski definition) is 0. The van der Waals surface area contributed by atoms with Crippen molar-refractivity contribution < 1.29 is 4.42 Å². The van der Waals surface area contributed by atoms with Gasteiger partial charge in [-0.3, -0.25) is 0 Å². The highest BCUT2D eigenvalue weighted by molar-refractivity contribution is 6.27. The number of hydrogen-bond acceptors (Lipinski definition) is 2. The summed E-state index contributed by atoms with van der Waals surface area (Å²) in [7, 11) is 0. The number of halogens is 1. The van der Waals surface area contributed by atoms with Crippen LogP contribution in [-0.2, 0) is 0 Å². The van der Waals surface area contributed by atoms with E-state index in [1.165, 1.54) is 25.7 Å². The molecule has 1 aromatic heterocycles. The van der Waals surface area contributed by atoms with Crippen LogP contribution in [0.4, 0.5) is 0 Å². The molecule has 1 aromatic rings. The molecule has 0 unspecified atom stereocenters. The monoisotopic (exact) mass is 171 g/mol. The zero-order valence-electron chi connectivity index (χ0n) is 6.22. The molecule has 0 atom stereocenters. The average Bonchev–Trinajstić information content (AvgIpc) is 2.55. The van der Waals surface area contributed by atoms with E-state index in [1.807, 2.05) is 0 Å². The Kier molecular flexibility index (Phi) is 1.86.